The standard InChI is InChI=1S/C16H11ClF2N4O/c17-8-2-1-3-9(18)12(8)14-21-11-4-5-20-15(13(11)22-14)23-16(24)7-6-10(7)19/h1-5,7,10H,6H2,(H,21,22)(H,20,23,24)/t7-,10+/m1/s1. The van der Waals surface area contributed by atoms with Crippen LogP contribution in [0.1, 0.15) is 6.42 Å². The molecule has 2 N–H and O–H groups in total. The molecule has 0 bridgehead atoms. The van der Waals surface area contributed by atoms with E-state index in [0.29, 0.717) is 11.0 Å². The first kappa shape index (κ1) is 15.0. The molecule has 1 aliphatic carbocycles. The zero-order valence-electron chi connectivity index (χ0n) is 12.2. The largest absolute Gasteiger partial charge is 0.338 e. The molecule has 0 radical (unpaired) electrons. The number of aromatic amines is 1. The van der Waals surface area contributed by atoms with Crippen LogP contribution < -0.4 is 5.32 Å². The Morgan fingerprint density at radius 1 is 1.38 bits per heavy atom. The number of carbonyl (C=O) groups excluding carboxylic acids is 1. The summed E-state index contributed by atoms with van der Waals surface area (Å²) in [7, 11) is 0. The molecule has 4 rings (SSSR count). The lowest BCUT2D eigenvalue weighted by Crippen LogP contribution is -2.16. The summed E-state index contributed by atoms with van der Waals surface area (Å²) in [5, 5.41) is 2.79. The van der Waals surface area contributed by atoms with Gasteiger partial charge in [0, 0.05) is 6.20 Å². The van der Waals surface area contributed by atoms with E-state index in [0.717, 1.165) is 0 Å². The Morgan fingerprint density at radius 2 is 2.17 bits per heavy atom. The molecule has 2 atom stereocenters. The summed E-state index contributed by atoms with van der Waals surface area (Å²) in [4.78, 5) is 23.2. The number of nitrogens with one attached hydrogen (secondary N) is 2. The predicted octanol–water partition coefficient (Wildman–Crippen LogP) is 3.71. The number of hydrogen-bond donors (Lipinski definition) is 2. The Morgan fingerprint density at radius 3 is 2.88 bits per heavy atom. The fourth-order valence-electron chi connectivity index (χ4n) is 2.51. The molecule has 0 aliphatic heterocycles. The molecule has 2 heterocycles. The second-order valence-corrected chi connectivity index (χ2v) is 5.99. The number of carbonyl (C=O) groups is 1. The van der Waals surface area contributed by atoms with E-state index in [-0.39, 0.29) is 28.6 Å². The van der Waals surface area contributed by atoms with Crippen LogP contribution in [0.15, 0.2) is 30.5 Å². The predicted molar refractivity (Wildman–Crippen MR) is 85.9 cm³/mol. The Balaban J connectivity index is 1.76. The van der Waals surface area contributed by atoms with Crippen LogP contribution in [0.25, 0.3) is 22.4 Å². The summed E-state index contributed by atoms with van der Waals surface area (Å²) in [6.45, 7) is 0. The molecule has 1 saturated carbocycles. The highest BCUT2D eigenvalue weighted by Crippen LogP contribution is 2.35. The quantitative estimate of drug-likeness (QED) is 0.758. The summed E-state index contributed by atoms with van der Waals surface area (Å²) in [6, 6.07) is 5.98. The number of rotatable bonds is 3. The van der Waals surface area contributed by atoms with Crippen molar-refractivity contribution < 1.29 is 13.6 Å². The van der Waals surface area contributed by atoms with E-state index in [1.54, 1.807) is 12.1 Å². The number of hydrogen-bond acceptors (Lipinski definition) is 3. The van der Waals surface area contributed by atoms with Crippen LogP contribution in [-0.2, 0) is 4.79 Å². The van der Waals surface area contributed by atoms with E-state index in [1.165, 1.54) is 18.3 Å². The van der Waals surface area contributed by atoms with E-state index in [2.05, 4.69) is 20.3 Å². The maximum Gasteiger partial charge on any atom is 0.231 e. The third-order valence-electron chi connectivity index (χ3n) is 3.89. The number of H-pyrrole nitrogens is 1. The number of amides is 1. The first-order valence-electron chi connectivity index (χ1n) is 7.28. The number of anilines is 1. The van der Waals surface area contributed by atoms with Crippen molar-refractivity contribution in [3.8, 4) is 11.4 Å². The van der Waals surface area contributed by atoms with Gasteiger partial charge < -0.3 is 10.3 Å². The SMILES string of the molecule is O=C(Nc1nccc2[nH]c(-c3c(F)cccc3Cl)nc12)[C@@H]1C[C@@H]1F. The number of imidazole rings is 1. The van der Waals surface area contributed by atoms with Crippen LogP contribution in [0.4, 0.5) is 14.6 Å². The fraction of sp³-hybridized carbons (Fsp3) is 0.188. The minimum atomic E-state index is -1.10. The summed E-state index contributed by atoms with van der Waals surface area (Å²) >= 11 is 6.05. The average molecular weight is 349 g/mol. The highest BCUT2D eigenvalue weighted by atomic mass is 35.5. The molecule has 1 amide bonds. The van der Waals surface area contributed by atoms with Gasteiger partial charge in [-0.3, -0.25) is 4.79 Å². The normalized spacial score (nSPS) is 19.5. The van der Waals surface area contributed by atoms with Crippen LogP contribution in [0, 0.1) is 11.7 Å². The van der Waals surface area contributed by atoms with Crippen molar-refractivity contribution in [2.75, 3.05) is 5.32 Å². The number of pyridine rings is 1. The highest BCUT2D eigenvalue weighted by Gasteiger charge is 2.43. The van der Waals surface area contributed by atoms with Crippen molar-refractivity contribution in [2.24, 2.45) is 5.92 Å². The van der Waals surface area contributed by atoms with Gasteiger partial charge in [-0.15, -0.1) is 0 Å². The third kappa shape index (κ3) is 2.50. The second-order valence-electron chi connectivity index (χ2n) is 5.59. The van der Waals surface area contributed by atoms with Crippen molar-refractivity contribution in [1.82, 2.24) is 15.0 Å². The smallest absolute Gasteiger partial charge is 0.231 e. The summed E-state index contributed by atoms with van der Waals surface area (Å²) < 4.78 is 27.1. The molecule has 24 heavy (non-hydrogen) atoms. The van der Waals surface area contributed by atoms with Crippen molar-refractivity contribution in [3.05, 3.63) is 41.3 Å². The molecule has 1 aliphatic rings. The van der Waals surface area contributed by atoms with Crippen LogP contribution in [-0.4, -0.2) is 27.0 Å². The molecule has 5 nitrogen and oxygen atoms in total. The monoisotopic (exact) mass is 348 g/mol. The van der Waals surface area contributed by atoms with Gasteiger partial charge in [-0.05, 0) is 24.6 Å². The summed E-state index contributed by atoms with van der Waals surface area (Å²) in [5.41, 5.74) is 1.05. The minimum Gasteiger partial charge on any atom is -0.338 e. The van der Waals surface area contributed by atoms with Crippen LogP contribution in [0.5, 0.6) is 0 Å². The zero-order valence-corrected chi connectivity index (χ0v) is 12.9. The van der Waals surface area contributed by atoms with Crippen molar-refractivity contribution in [1.29, 1.82) is 0 Å². The molecular formula is C16H11ClF2N4O. The number of fused-ring (bicyclic) bond motifs is 1. The molecule has 0 unspecified atom stereocenters. The lowest BCUT2D eigenvalue weighted by Gasteiger charge is -2.03. The highest BCUT2D eigenvalue weighted by molar-refractivity contribution is 6.33. The maximum atomic E-state index is 14.1. The lowest BCUT2D eigenvalue weighted by molar-refractivity contribution is -0.117. The van der Waals surface area contributed by atoms with Gasteiger partial charge in [-0.1, -0.05) is 17.7 Å². The molecule has 3 aromatic rings. The van der Waals surface area contributed by atoms with Gasteiger partial charge in [0.05, 0.1) is 22.0 Å². The van der Waals surface area contributed by atoms with Gasteiger partial charge in [-0.25, -0.2) is 18.7 Å². The summed E-state index contributed by atoms with van der Waals surface area (Å²) in [5.74, 6) is -1.16. The Bertz CT molecular complexity index is 938. The van der Waals surface area contributed by atoms with E-state index in [4.69, 9.17) is 11.6 Å². The van der Waals surface area contributed by atoms with Crippen molar-refractivity contribution in [3.63, 3.8) is 0 Å². The van der Waals surface area contributed by atoms with E-state index >= 15 is 0 Å². The fourth-order valence-corrected chi connectivity index (χ4v) is 2.77. The number of halogens is 3. The van der Waals surface area contributed by atoms with Gasteiger partial charge in [0.2, 0.25) is 5.91 Å². The molecule has 2 aromatic heterocycles. The molecular weight excluding hydrogens is 338 g/mol. The number of nitrogens with zero attached hydrogens (tertiary/aromatic N) is 2. The second kappa shape index (κ2) is 5.52. The van der Waals surface area contributed by atoms with E-state index in [1.807, 2.05) is 0 Å². The Hall–Kier alpha value is -2.54. The summed E-state index contributed by atoms with van der Waals surface area (Å²) in [6.07, 6.45) is 0.595. The Labute approximate surface area is 140 Å². The van der Waals surface area contributed by atoms with Gasteiger partial charge in [0.25, 0.3) is 0 Å². The molecule has 0 spiro atoms. The Kier molecular flexibility index (Phi) is 3.45. The maximum absolute atomic E-state index is 14.1. The number of benzene rings is 1. The molecule has 0 saturated heterocycles. The number of aromatic nitrogens is 3. The first-order valence-corrected chi connectivity index (χ1v) is 7.66. The average Bonchev–Trinajstić information content (AvgIpc) is 3.11. The van der Waals surface area contributed by atoms with Gasteiger partial charge in [0.1, 0.15) is 23.3 Å². The lowest BCUT2D eigenvalue weighted by atomic mass is 10.2. The third-order valence-corrected chi connectivity index (χ3v) is 4.21. The topological polar surface area (TPSA) is 70.7 Å². The van der Waals surface area contributed by atoms with Gasteiger partial charge in [0.15, 0.2) is 5.82 Å². The van der Waals surface area contributed by atoms with Crippen LogP contribution >= 0.6 is 11.6 Å². The van der Waals surface area contributed by atoms with Gasteiger partial charge >= 0.3 is 0 Å². The minimum absolute atomic E-state index is 0.138. The van der Waals surface area contributed by atoms with Crippen molar-refractivity contribution in [2.45, 2.75) is 12.6 Å². The molecule has 8 heteroatoms. The molecule has 122 valence electrons. The van der Waals surface area contributed by atoms with Crippen LogP contribution in [0.2, 0.25) is 5.02 Å². The number of alkyl halides is 1. The molecule has 1 aromatic carbocycles. The van der Waals surface area contributed by atoms with E-state index in [9.17, 15) is 13.6 Å². The van der Waals surface area contributed by atoms with Crippen LogP contribution in [0.3, 0.4) is 0 Å². The van der Waals surface area contributed by atoms with E-state index < -0.39 is 23.8 Å². The van der Waals surface area contributed by atoms with Crippen molar-refractivity contribution >= 4 is 34.4 Å². The van der Waals surface area contributed by atoms with Gasteiger partial charge in [-0.2, -0.15) is 0 Å². The first-order chi connectivity index (χ1) is 11.5. The molecule has 1 fully saturated rings. The zero-order chi connectivity index (χ0) is 16.8.